The fourth-order valence-electron chi connectivity index (χ4n) is 4.19. The van der Waals surface area contributed by atoms with E-state index < -0.39 is 5.54 Å². The van der Waals surface area contributed by atoms with Crippen LogP contribution < -0.4 is 0 Å². The molecular weight excluding hydrogens is 330 g/mol. The molecule has 1 N–H and O–H groups in total. The Bertz CT molecular complexity index is 641. The standard InChI is InChI=1S/C20H29N3O3/c1-3-22-18(25)20(10-13-21(14-11-20)16(2)15-24)23(19(22)26)12-9-17-7-5-4-6-8-17/h4-8,16,24H,3,9-15H2,1-2H3. The van der Waals surface area contributed by atoms with E-state index in [1.807, 2.05) is 36.9 Å². The molecule has 142 valence electrons. The summed E-state index contributed by atoms with van der Waals surface area (Å²) in [5.74, 6) is -0.0469. The third-order valence-electron chi connectivity index (χ3n) is 5.92. The Balaban J connectivity index is 1.78. The van der Waals surface area contributed by atoms with Gasteiger partial charge in [0.25, 0.3) is 5.91 Å². The lowest BCUT2D eigenvalue weighted by Crippen LogP contribution is -2.58. The SMILES string of the molecule is CCN1C(=O)N(CCc2ccccc2)C2(CCN(C(C)CO)CC2)C1=O. The first-order valence-electron chi connectivity index (χ1n) is 9.56. The second kappa shape index (κ2) is 7.76. The fraction of sp³-hybridized carbons (Fsp3) is 0.600. The van der Waals surface area contributed by atoms with E-state index in [9.17, 15) is 14.7 Å². The number of aliphatic hydroxyl groups is 1. The third-order valence-corrected chi connectivity index (χ3v) is 5.92. The van der Waals surface area contributed by atoms with Crippen molar-refractivity contribution in [2.45, 2.75) is 44.7 Å². The van der Waals surface area contributed by atoms with E-state index in [4.69, 9.17) is 0 Å². The van der Waals surface area contributed by atoms with E-state index in [0.717, 1.165) is 19.5 Å². The Labute approximate surface area is 155 Å². The number of likely N-dealkylation sites (N-methyl/N-ethyl adjacent to an activating group) is 1. The topological polar surface area (TPSA) is 64.1 Å². The lowest BCUT2D eigenvalue weighted by atomic mass is 9.85. The normalized spacial score (nSPS) is 21.7. The third kappa shape index (κ3) is 3.23. The average Bonchev–Trinajstić information content (AvgIpc) is 2.87. The molecule has 1 aromatic rings. The summed E-state index contributed by atoms with van der Waals surface area (Å²) in [6, 6.07) is 10.0. The van der Waals surface area contributed by atoms with Gasteiger partial charge < -0.3 is 10.0 Å². The molecule has 2 aliphatic heterocycles. The zero-order valence-corrected chi connectivity index (χ0v) is 15.7. The van der Waals surface area contributed by atoms with Gasteiger partial charge in [-0.25, -0.2) is 4.79 Å². The van der Waals surface area contributed by atoms with Crippen LogP contribution in [0.4, 0.5) is 4.79 Å². The molecule has 2 fully saturated rings. The van der Waals surface area contributed by atoms with E-state index in [1.54, 1.807) is 0 Å². The van der Waals surface area contributed by atoms with Crippen molar-refractivity contribution >= 4 is 11.9 Å². The number of aliphatic hydroxyl groups excluding tert-OH is 1. The number of urea groups is 1. The number of carbonyl (C=O) groups is 2. The number of hydrogen-bond acceptors (Lipinski definition) is 4. The van der Waals surface area contributed by atoms with Gasteiger partial charge in [-0.15, -0.1) is 0 Å². The minimum absolute atomic E-state index is 0.0469. The fourth-order valence-corrected chi connectivity index (χ4v) is 4.19. The van der Waals surface area contributed by atoms with Gasteiger partial charge in [-0.2, -0.15) is 0 Å². The lowest BCUT2D eigenvalue weighted by molar-refractivity contribution is -0.135. The summed E-state index contributed by atoms with van der Waals surface area (Å²) >= 11 is 0. The van der Waals surface area contributed by atoms with Gasteiger partial charge in [-0.1, -0.05) is 30.3 Å². The summed E-state index contributed by atoms with van der Waals surface area (Å²) in [6.07, 6.45) is 2.01. The molecule has 2 aliphatic rings. The number of piperidine rings is 1. The molecule has 1 unspecified atom stereocenters. The van der Waals surface area contributed by atoms with Gasteiger partial charge in [0, 0.05) is 32.2 Å². The molecule has 6 nitrogen and oxygen atoms in total. The molecule has 26 heavy (non-hydrogen) atoms. The van der Waals surface area contributed by atoms with E-state index in [2.05, 4.69) is 17.0 Å². The van der Waals surface area contributed by atoms with Crippen LogP contribution in [-0.4, -0.2) is 76.1 Å². The van der Waals surface area contributed by atoms with Crippen molar-refractivity contribution in [3.8, 4) is 0 Å². The smallest absolute Gasteiger partial charge is 0.327 e. The first-order chi connectivity index (χ1) is 12.5. The van der Waals surface area contributed by atoms with Gasteiger partial charge in [0.15, 0.2) is 0 Å². The molecule has 0 saturated carbocycles. The number of benzene rings is 1. The van der Waals surface area contributed by atoms with Crippen molar-refractivity contribution in [2.75, 3.05) is 32.8 Å². The first-order valence-corrected chi connectivity index (χ1v) is 9.56. The van der Waals surface area contributed by atoms with Crippen molar-refractivity contribution in [1.82, 2.24) is 14.7 Å². The molecular formula is C20H29N3O3. The van der Waals surface area contributed by atoms with Crippen molar-refractivity contribution < 1.29 is 14.7 Å². The predicted molar refractivity (Wildman–Crippen MR) is 99.7 cm³/mol. The second-order valence-corrected chi connectivity index (χ2v) is 7.32. The maximum atomic E-state index is 13.1. The van der Waals surface area contributed by atoms with Crippen LogP contribution in [-0.2, 0) is 11.2 Å². The van der Waals surface area contributed by atoms with Gasteiger partial charge in [0.1, 0.15) is 5.54 Å². The molecule has 0 aromatic heterocycles. The number of hydrogen-bond donors (Lipinski definition) is 1. The van der Waals surface area contributed by atoms with E-state index >= 15 is 0 Å². The van der Waals surface area contributed by atoms with Crippen molar-refractivity contribution in [1.29, 1.82) is 0 Å². The lowest BCUT2D eigenvalue weighted by Gasteiger charge is -2.43. The average molecular weight is 359 g/mol. The Hall–Kier alpha value is -1.92. The number of carbonyl (C=O) groups excluding carboxylic acids is 2. The molecule has 2 heterocycles. The van der Waals surface area contributed by atoms with Gasteiger partial charge in [0.2, 0.25) is 0 Å². The monoisotopic (exact) mass is 359 g/mol. The van der Waals surface area contributed by atoms with Crippen LogP contribution in [0.3, 0.4) is 0 Å². The molecule has 0 bridgehead atoms. The number of amides is 3. The van der Waals surface area contributed by atoms with Crippen LogP contribution >= 0.6 is 0 Å². The summed E-state index contributed by atoms with van der Waals surface area (Å²) in [7, 11) is 0. The largest absolute Gasteiger partial charge is 0.395 e. The van der Waals surface area contributed by atoms with Gasteiger partial charge in [0.05, 0.1) is 6.61 Å². The number of nitrogens with zero attached hydrogens (tertiary/aromatic N) is 3. The van der Waals surface area contributed by atoms with E-state index in [0.29, 0.717) is 25.9 Å². The summed E-state index contributed by atoms with van der Waals surface area (Å²) in [5, 5.41) is 9.40. The Kier molecular flexibility index (Phi) is 5.63. The highest BCUT2D eigenvalue weighted by molar-refractivity contribution is 6.07. The summed E-state index contributed by atoms with van der Waals surface area (Å²) in [4.78, 5) is 31.4. The Morgan fingerprint density at radius 3 is 2.38 bits per heavy atom. The van der Waals surface area contributed by atoms with Crippen LogP contribution in [0.1, 0.15) is 32.3 Å². The molecule has 1 atom stereocenters. The molecule has 1 aromatic carbocycles. The van der Waals surface area contributed by atoms with Crippen molar-refractivity contribution in [3.63, 3.8) is 0 Å². The maximum absolute atomic E-state index is 13.1. The summed E-state index contributed by atoms with van der Waals surface area (Å²) < 4.78 is 0. The minimum Gasteiger partial charge on any atom is -0.395 e. The van der Waals surface area contributed by atoms with Crippen LogP contribution in [0.5, 0.6) is 0 Å². The van der Waals surface area contributed by atoms with Gasteiger partial charge in [-0.05, 0) is 38.7 Å². The molecule has 3 amide bonds. The number of likely N-dealkylation sites (tertiary alicyclic amines) is 1. The Morgan fingerprint density at radius 1 is 1.15 bits per heavy atom. The molecule has 1 spiro atoms. The predicted octanol–water partition coefficient (Wildman–Crippen LogP) is 1.73. The van der Waals surface area contributed by atoms with Crippen LogP contribution in [0, 0.1) is 0 Å². The van der Waals surface area contributed by atoms with E-state index in [1.165, 1.54) is 10.5 Å². The highest BCUT2D eigenvalue weighted by Crippen LogP contribution is 2.37. The van der Waals surface area contributed by atoms with Crippen LogP contribution in [0.25, 0.3) is 0 Å². The van der Waals surface area contributed by atoms with Crippen LogP contribution in [0.15, 0.2) is 30.3 Å². The molecule has 6 heteroatoms. The van der Waals surface area contributed by atoms with Crippen LogP contribution in [0.2, 0.25) is 0 Å². The summed E-state index contributed by atoms with van der Waals surface area (Å²) in [6.45, 7) is 6.37. The number of imide groups is 1. The first kappa shape index (κ1) is 18.9. The summed E-state index contributed by atoms with van der Waals surface area (Å²) in [5.41, 5.74) is 0.456. The minimum atomic E-state index is -0.715. The van der Waals surface area contributed by atoms with E-state index in [-0.39, 0.29) is 24.6 Å². The Morgan fingerprint density at radius 2 is 1.81 bits per heavy atom. The molecule has 0 aliphatic carbocycles. The zero-order valence-electron chi connectivity index (χ0n) is 15.7. The maximum Gasteiger partial charge on any atom is 0.327 e. The molecule has 2 saturated heterocycles. The molecule has 0 radical (unpaired) electrons. The van der Waals surface area contributed by atoms with Crippen molar-refractivity contribution in [2.24, 2.45) is 0 Å². The van der Waals surface area contributed by atoms with Crippen molar-refractivity contribution in [3.05, 3.63) is 35.9 Å². The van der Waals surface area contributed by atoms with Gasteiger partial charge >= 0.3 is 6.03 Å². The highest BCUT2D eigenvalue weighted by atomic mass is 16.3. The van der Waals surface area contributed by atoms with Gasteiger partial charge in [-0.3, -0.25) is 14.6 Å². The molecule has 3 rings (SSSR count). The zero-order chi connectivity index (χ0) is 18.7. The quantitative estimate of drug-likeness (QED) is 0.786. The number of rotatable bonds is 6. The highest BCUT2D eigenvalue weighted by Gasteiger charge is 2.57. The second-order valence-electron chi connectivity index (χ2n) is 7.32.